The van der Waals surface area contributed by atoms with Crippen LogP contribution in [0, 0.1) is 5.92 Å². The summed E-state index contributed by atoms with van der Waals surface area (Å²) >= 11 is 0. The Labute approximate surface area is 178 Å². The minimum Gasteiger partial charge on any atom is -0.497 e. The molecule has 2 N–H and O–H groups in total. The van der Waals surface area contributed by atoms with Gasteiger partial charge in [0.05, 0.1) is 14.2 Å². The van der Waals surface area contributed by atoms with Crippen molar-refractivity contribution >= 4 is 18.0 Å². The van der Waals surface area contributed by atoms with Gasteiger partial charge in [0.1, 0.15) is 23.4 Å². The first-order valence-electron chi connectivity index (χ1n) is 9.95. The summed E-state index contributed by atoms with van der Waals surface area (Å²) in [5.41, 5.74) is 0.0997. The summed E-state index contributed by atoms with van der Waals surface area (Å²) in [5.74, 6) is -0.180. The Morgan fingerprint density at radius 1 is 0.967 bits per heavy atom. The van der Waals surface area contributed by atoms with Crippen LogP contribution >= 0.6 is 0 Å². The second-order valence-electron chi connectivity index (χ2n) is 8.46. The summed E-state index contributed by atoms with van der Waals surface area (Å²) in [4.78, 5) is 37.3. The molecule has 30 heavy (non-hydrogen) atoms. The first-order chi connectivity index (χ1) is 13.9. The first-order valence-corrected chi connectivity index (χ1v) is 9.95. The van der Waals surface area contributed by atoms with Gasteiger partial charge in [-0.15, -0.1) is 0 Å². The van der Waals surface area contributed by atoms with Crippen LogP contribution in [0.5, 0.6) is 5.75 Å². The average Bonchev–Trinajstić information content (AvgIpc) is 2.65. The lowest BCUT2D eigenvalue weighted by Gasteiger charge is -2.25. The van der Waals surface area contributed by atoms with Gasteiger partial charge < -0.3 is 24.8 Å². The van der Waals surface area contributed by atoms with Crippen LogP contribution in [0.4, 0.5) is 4.79 Å². The van der Waals surface area contributed by atoms with E-state index in [1.807, 2.05) is 26.0 Å². The van der Waals surface area contributed by atoms with E-state index in [0.717, 1.165) is 5.56 Å². The Balaban J connectivity index is 3.02. The third-order valence-electron chi connectivity index (χ3n) is 4.12. The van der Waals surface area contributed by atoms with Gasteiger partial charge in [0, 0.05) is 6.42 Å². The molecule has 0 saturated heterocycles. The predicted octanol–water partition coefficient (Wildman–Crippen LogP) is 2.83. The minimum absolute atomic E-state index is 0.160. The number of ether oxygens (including phenoxy) is 3. The SMILES string of the molecule is COC(=O)[C@H](CC(C)C)NC(=O)[C@H](Cc1ccc(OC)cc1)NC(=O)OC(C)(C)C. The number of rotatable bonds is 9. The van der Waals surface area contributed by atoms with Crippen molar-refractivity contribution in [2.24, 2.45) is 5.92 Å². The summed E-state index contributed by atoms with van der Waals surface area (Å²) in [6, 6.07) is 5.42. The van der Waals surface area contributed by atoms with Crippen molar-refractivity contribution < 1.29 is 28.6 Å². The van der Waals surface area contributed by atoms with Gasteiger partial charge in [-0.1, -0.05) is 26.0 Å². The van der Waals surface area contributed by atoms with Gasteiger partial charge >= 0.3 is 12.1 Å². The highest BCUT2D eigenvalue weighted by molar-refractivity contribution is 5.89. The molecular weight excluding hydrogens is 388 g/mol. The summed E-state index contributed by atoms with van der Waals surface area (Å²) < 4.78 is 15.2. The molecular formula is C22H34N2O6. The van der Waals surface area contributed by atoms with Crippen molar-refractivity contribution in [2.45, 2.75) is 65.1 Å². The van der Waals surface area contributed by atoms with Crippen molar-refractivity contribution in [3.8, 4) is 5.75 Å². The lowest BCUT2D eigenvalue weighted by Crippen LogP contribution is -2.53. The van der Waals surface area contributed by atoms with E-state index in [2.05, 4.69) is 10.6 Å². The molecule has 1 aromatic carbocycles. The molecule has 8 nitrogen and oxygen atoms in total. The summed E-state index contributed by atoms with van der Waals surface area (Å²) in [7, 11) is 2.84. The van der Waals surface area contributed by atoms with Gasteiger partial charge in [0.2, 0.25) is 5.91 Å². The maximum absolute atomic E-state index is 13.0. The lowest BCUT2D eigenvalue weighted by molar-refractivity contribution is -0.145. The zero-order valence-electron chi connectivity index (χ0n) is 18.9. The molecule has 0 unspecified atom stereocenters. The van der Waals surface area contributed by atoms with Gasteiger partial charge in [0.15, 0.2) is 0 Å². The van der Waals surface area contributed by atoms with Gasteiger partial charge in [-0.25, -0.2) is 9.59 Å². The van der Waals surface area contributed by atoms with Gasteiger partial charge in [0.25, 0.3) is 0 Å². The maximum atomic E-state index is 13.0. The molecule has 0 aromatic heterocycles. The fourth-order valence-corrected chi connectivity index (χ4v) is 2.76. The number of alkyl carbamates (subject to hydrolysis) is 1. The molecule has 2 atom stereocenters. The van der Waals surface area contributed by atoms with Crippen molar-refractivity contribution in [3.05, 3.63) is 29.8 Å². The maximum Gasteiger partial charge on any atom is 0.408 e. The van der Waals surface area contributed by atoms with E-state index in [4.69, 9.17) is 14.2 Å². The molecule has 1 rings (SSSR count). The van der Waals surface area contributed by atoms with E-state index in [0.29, 0.717) is 12.2 Å². The Bertz CT molecular complexity index is 709. The van der Waals surface area contributed by atoms with Crippen molar-refractivity contribution in [3.63, 3.8) is 0 Å². The van der Waals surface area contributed by atoms with E-state index in [-0.39, 0.29) is 12.3 Å². The normalized spacial score (nSPS) is 13.2. The zero-order chi connectivity index (χ0) is 22.9. The zero-order valence-corrected chi connectivity index (χ0v) is 18.9. The molecule has 2 amide bonds. The lowest BCUT2D eigenvalue weighted by atomic mass is 10.0. The van der Waals surface area contributed by atoms with E-state index < -0.39 is 35.7 Å². The molecule has 0 aliphatic heterocycles. The fourth-order valence-electron chi connectivity index (χ4n) is 2.76. The summed E-state index contributed by atoms with van der Waals surface area (Å²) in [6.07, 6.45) is -0.0836. The number of esters is 1. The molecule has 0 heterocycles. The molecule has 0 fully saturated rings. The molecule has 0 aliphatic carbocycles. The second-order valence-corrected chi connectivity index (χ2v) is 8.46. The second kappa shape index (κ2) is 11.4. The van der Waals surface area contributed by atoms with Crippen molar-refractivity contribution in [2.75, 3.05) is 14.2 Å². The molecule has 1 aromatic rings. The highest BCUT2D eigenvalue weighted by Crippen LogP contribution is 2.14. The molecule has 0 spiro atoms. The fraction of sp³-hybridized carbons (Fsp3) is 0.591. The highest BCUT2D eigenvalue weighted by atomic mass is 16.6. The van der Waals surface area contributed by atoms with Crippen LogP contribution in [0.1, 0.15) is 46.6 Å². The standard InChI is InChI=1S/C22H34N2O6/c1-14(2)12-18(20(26)29-7)23-19(25)17(24-21(27)30-22(3,4)5)13-15-8-10-16(28-6)11-9-15/h8-11,14,17-18H,12-13H2,1-7H3,(H,23,25)(H,24,27)/t17-,18-/m0/s1. The quantitative estimate of drug-likeness (QED) is 0.593. The van der Waals surface area contributed by atoms with Gasteiger partial charge in [-0.05, 0) is 50.8 Å². The number of amides is 2. The topological polar surface area (TPSA) is 103 Å². The summed E-state index contributed by atoms with van der Waals surface area (Å²) in [6.45, 7) is 9.09. The smallest absolute Gasteiger partial charge is 0.408 e. The number of methoxy groups -OCH3 is 2. The Hall–Kier alpha value is -2.77. The van der Waals surface area contributed by atoms with Gasteiger partial charge in [-0.3, -0.25) is 4.79 Å². The number of hydrogen-bond donors (Lipinski definition) is 2. The summed E-state index contributed by atoms with van der Waals surface area (Å²) in [5, 5.41) is 5.31. The van der Waals surface area contributed by atoms with Crippen LogP contribution in [-0.2, 0) is 25.5 Å². The number of hydrogen-bond acceptors (Lipinski definition) is 6. The third kappa shape index (κ3) is 9.15. The number of carbonyl (C=O) groups excluding carboxylic acids is 3. The van der Waals surface area contributed by atoms with E-state index in [1.165, 1.54) is 7.11 Å². The highest BCUT2D eigenvalue weighted by Gasteiger charge is 2.29. The number of benzene rings is 1. The Morgan fingerprint density at radius 3 is 2.03 bits per heavy atom. The van der Waals surface area contributed by atoms with Gasteiger partial charge in [-0.2, -0.15) is 0 Å². The van der Waals surface area contributed by atoms with Crippen LogP contribution in [0.3, 0.4) is 0 Å². The Morgan fingerprint density at radius 2 is 1.57 bits per heavy atom. The largest absolute Gasteiger partial charge is 0.497 e. The first kappa shape index (κ1) is 25.3. The van der Waals surface area contributed by atoms with Crippen LogP contribution in [0.2, 0.25) is 0 Å². The van der Waals surface area contributed by atoms with Crippen LogP contribution in [0.15, 0.2) is 24.3 Å². The van der Waals surface area contributed by atoms with E-state index in [1.54, 1.807) is 40.0 Å². The predicted molar refractivity (Wildman–Crippen MR) is 113 cm³/mol. The van der Waals surface area contributed by atoms with Crippen molar-refractivity contribution in [1.29, 1.82) is 0 Å². The molecule has 8 heteroatoms. The third-order valence-corrected chi connectivity index (χ3v) is 4.12. The van der Waals surface area contributed by atoms with Crippen LogP contribution in [-0.4, -0.2) is 49.9 Å². The monoisotopic (exact) mass is 422 g/mol. The minimum atomic E-state index is -0.937. The molecule has 0 bridgehead atoms. The Kier molecular flexibility index (Phi) is 9.62. The van der Waals surface area contributed by atoms with E-state index in [9.17, 15) is 14.4 Å². The van der Waals surface area contributed by atoms with Crippen LogP contribution < -0.4 is 15.4 Å². The number of carbonyl (C=O) groups is 3. The molecule has 168 valence electrons. The molecule has 0 radical (unpaired) electrons. The average molecular weight is 423 g/mol. The van der Waals surface area contributed by atoms with Crippen molar-refractivity contribution in [1.82, 2.24) is 10.6 Å². The van der Waals surface area contributed by atoms with Crippen LogP contribution in [0.25, 0.3) is 0 Å². The van der Waals surface area contributed by atoms with E-state index >= 15 is 0 Å². The number of nitrogens with one attached hydrogen (secondary N) is 2. The molecule has 0 aliphatic rings. The molecule has 0 saturated carbocycles.